The second-order valence-electron chi connectivity index (χ2n) is 10.4. The molecule has 0 aliphatic carbocycles. The minimum absolute atomic E-state index is 0.0252. The second-order valence-corrected chi connectivity index (χ2v) is 10.4. The highest BCUT2D eigenvalue weighted by atomic mass is 19.1. The maximum absolute atomic E-state index is 13.8. The second kappa shape index (κ2) is 11.5. The molecule has 0 spiro atoms. The zero-order chi connectivity index (χ0) is 28.2. The van der Waals surface area contributed by atoms with Crippen molar-refractivity contribution < 1.29 is 14.0 Å². The van der Waals surface area contributed by atoms with Gasteiger partial charge in [-0.3, -0.25) is 19.9 Å². The predicted octanol–water partition coefficient (Wildman–Crippen LogP) is 5.17. The molecule has 7 nitrogen and oxygen atoms in total. The van der Waals surface area contributed by atoms with Gasteiger partial charge in [-0.05, 0) is 71.8 Å². The summed E-state index contributed by atoms with van der Waals surface area (Å²) in [4.78, 5) is 30.0. The first-order chi connectivity index (χ1) is 18.6. The van der Waals surface area contributed by atoms with Gasteiger partial charge in [-0.25, -0.2) is 4.39 Å². The van der Waals surface area contributed by atoms with Crippen LogP contribution in [0.25, 0.3) is 0 Å². The van der Waals surface area contributed by atoms with Gasteiger partial charge in [-0.1, -0.05) is 50.2 Å². The van der Waals surface area contributed by atoms with Crippen LogP contribution in [0.4, 0.5) is 4.39 Å². The van der Waals surface area contributed by atoms with Gasteiger partial charge in [0.05, 0.1) is 18.2 Å². The van der Waals surface area contributed by atoms with Gasteiger partial charge in [0.25, 0.3) is 11.8 Å². The average molecular weight is 526 g/mol. The van der Waals surface area contributed by atoms with Crippen molar-refractivity contribution in [3.63, 3.8) is 0 Å². The molecule has 1 fully saturated rings. The van der Waals surface area contributed by atoms with Gasteiger partial charge in [-0.2, -0.15) is 5.26 Å². The molecule has 0 bridgehead atoms. The quantitative estimate of drug-likeness (QED) is 0.403. The van der Waals surface area contributed by atoms with E-state index in [1.807, 2.05) is 18.2 Å². The Labute approximate surface area is 228 Å². The Kier molecular flexibility index (Phi) is 8.10. The van der Waals surface area contributed by atoms with Crippen molar-refractivity contribution in [1.29, 1.82) is 10.7 Å². The van der Waals surface area contributed by atoms with E-state index in [2.05, 4.69) is 25.2 Å². The van der Waals surface area contributed by atoms with Crippen LogP contribution >= 0.6 is 0 Å². The number of nitrogens with zero attached hydrogens (tertiary/aromatic N) is 3. The number of hydrogen-bond donors (Lipinski definition) is 2. The van der Waals surface area contributed by atoms with Crippen molar-refractivity contribution in [3.8, 4) is 6.07 Å². The molecule has 39 heavy (non-hydrogen) atoms. The molecule has 8 heteroatoms. The third kappa shape index (κ3) is 5.99. The lowest BCUT2D eigenvalue weighted by Crippen LogP contribution is -2.44. The lowest BCUT2D eigenvalue weighted by molar-refractivity contribution is -0.132. The lowest BCUT2D eigenvalue weighted by Gasteiger charge is -2.28. The standard InChI is InChI=1S/C31H32FN5O2/c1-21(2)15-16-31(26-11-13-27(32)14-12-26)29(39)37(30(34)35-31)20-24-5-4-6-25(17-24)28(38)36(3)19-23-9-7-22(18-33)8-10-23/h4-14,17,21H,15-16,19-20H2,1-3H3,(H2,34,35). The molecule has 0 saturated carbocycles. The zero-order valence-electron chi connectivity index (χ0n) is 22.4. The van der Waals surface area contributed by atoms with E-state index in [4.69, 9.17) is 10.7 Å². The number of guanidine groups is 1. The number of carbonyl (C=O) groups excluding carboxylic acids is 2. The summed E-state index contributed by atoms with van der Waals surface area (Å²) in [6.07, 6.45) is 1.21. The van der Waals surface area contributed by atoms with E-state index in [1.54, 1.807) is 54.4 Å². The summed E-state index contributed by atoms with van der Waals surface area (Å²) in [5.74, 6) is -0.526. The van der Waals surface area contributed by atoms with Gasteiger partial charge in [0.15, 0.2) is 5.96 Å². The van der Waals surface area contributed by atoms with E-state index in [1.165, 1.54) is 17.0 Å². The normalized spacial score (nSPS) is 16.8. The van der Waals surface area contributed by atoms with Crippen LogP contribution in [0.5, 0.6) is 0 Å². The Morgan fingerprint density at radius 1 is 1.10 bits per heavy atom. The van der Waals surface area contributed by atoms with Crippen LogP contribution in [-0.4, -0.2) is 34.6 Å². The van der Waals surface area contributed by atoms with Crippen molar-refractivity contribution in [2.75, 3.05) is 7.05 Å². The van der Waals surface area contributed by atoms with Crippen molar-refractivity contribution in [3.05, 3.63) is 106 Å². The highest BCUT2D eigenvalue weighted by molar-refractivity contribution is 6.08. The van der Waals surface area contributed by atoms with Gasteiger partial charge in [0, 0.05) is 19.2 Å². The van der Waals surface area contributed by atoms with E-state index >= 15 is 0 Å². The predicted molar refractivity (Wildman–Crippen MR) is 147 cm³/mol. The number of benzene rings is 3. The first-order valence-electron chi connectivity index (χ1n) is 12.9. The molecule has 1 unspecified atom stereocenters. The van der Waals surface area contributed by atoms with Crippen LogP contribution < -0.4 is 5.32 Å². The fourth-order valence-corrected chi connectivity index (χ4v) is 4.79. The van der Waals surface area contributed by atoms with Crippen molar-refractivity contribution in [1.82, 2.24) is 15.1 Å². The van der Waals surface area contributed by atoms with E-state index < -0.39 is 5.54 Å². The molecule has 4 rings (SSSR count). The molecule has 1 aliphatic rings. The van der Waals surface area contributed by atoms with E-state index in [9.17, 15) is 14.0 Å². The molecular formula is C31H32FN5O2. The monoisotopic (exact) mass is 525 g/mol. The minimum Gasteiger partial charge on any atom is -0.338 e. The van der Waals surface area contributed by atoms with Gasteiger partial charge < -0.3 is 10.2 Å². The number of halogens is 1. The highest BCUT2D eigenvalue weighted by Crippen LogP contribution is 2.35. The van der Waals surface area contributed by atoms with Gasteiger partial charge >= 0.3 is 0 Å². The average Bonchev–Trinajstić information content (AvgIpc) is 3.17. The van der Waals surface area contributed by atoms with E-state index in [0.717, 1.165) is 12.0 Å². The van der Waals surface area contributed by atoms with Crippen LogP contribution in [0.3, 0.4) is 0 Å². The van der Waals surface area contributed by atoms with Crippen LogP contribution in [0.15, 0.2) is 72.8 Å². The van der Waals surface area contributed by atoms with Crippen molar-refractivity contribution >= 4 is 17.8 Å². The fourth-order valence-electron chi connectivity index (χ4n) is 4.79. The van der Waals surface area contributed by atoms with Crippen LogP contribution in [0.2, 0.25) is 0 Å². The Morgan fingerprint density at radius 2 is 1.79 bits per heavy atom. The lowest BCUT2D eigenvalue weighted by atomic mass is 9.83. The van der Waals surface area contributed by atoms with Crippen molar-refractivity contribution in [2.24, 2.45) is 5.92 Å². The molecule has 1 saturated heterocycles. The maximum atomic E-state index is 13.8. The maximum Gasteiger partial charge on any atom is 0.260 e. The number of amides is 2. The zero-order valence-corrected chi connectivity index (χ0v) is 22.4. The van der Waals surface area contributed by atoms with Crippen LogP contribution in [-0.2, 0) is 23.4 Å². The van der Waals surface area contributed by atoms with E-state index in [0.29, 0.717) is 41.1 Å². The van der Waals surface area contributed by atoms with Gasteiger partial charge in [-0.15, -0.1) is 0 Å². The number of rotatable bonds is 9. The first kappa shape index (κ1) is 27.5. The smallest absolute Gasteiger partial charge is 0.260 e. The molecule has 3 aromatic carbocycles. The first-order valence-corrected chi connectivity index (χ1v) is 12.9. The molecule has 2 amide bonds. The van der Waals surface area contributed by atoms with Gasteiger partial charge in [0.1, 0.15) is 11.4 Å². The SMILES string of the molecule is CC(C)CCC1(c2ccc(F)cc2)NC(=N)N(Cc2cccc(C(=O)N(C)Cc3ccc(C#N)cc3)c2)C1=O. The summed E-state index contributed by atoms with van der Waals surface area (Å²) in [7, 11) is 1.71. The largest absolute Gasteiger partial charge is 0.338 e. The summed E-state index contributed by atoms with van der Waals surface area (Å²) >= 11 is 0. The molecule has 200 valence electrons. The number of carbonyl (C=O) groups is 2. The molecule has 1 atom stereocenters. The molecule has 1 heterocycles. The summed E-state index contributed by atoms with van der Waals surface area (Å²) in [6, 6.07) is 22.1. The minimum atomic E-state index is -1.15. The summed E-state index contributed by atoms with van der Waals surface area (Å²) in [5, 5.41) is 20.7. The van der Waals surface area contributed by atoms with Crippen LogP contribution in [0.1, 0.15) is 59.3 Å². The molecular weight excluding hydrogens is 493 g/mol. The fraction of sp³-hybridized carbons (Fsp3) is 0.290. The van der Waals surface area contributed by atoms with E-state index in [-0.39, 0.29) is 30.1 Å². The van der Waals surface area contributed by atoms with Gasteiger partial charge in [0.2, 0.25) is 0 Å². The number of hydrogen-bond acceptors (Lipinski definition) is 4. The third-order valence-corrected chi connectivity index (χ3v) is 7.01. The Hall–Kier alpha value is -4.51. The topological polar surface area (TPSA) is 100 Å². The highest BCUT2D eigenvalue weighted by Gasteiger charge is 2.50. The Balaban J connectivity index is 1.53. The molecule has 2 N–H and O–H groups in total. The summed E-state index contributed by atoms with van der Waals surface area (Å²) in [5.41, 5.74) is 2.12. The Bertz CT molecular complexity index is 1410. The summed E-state index contributed by atoms with van der Waals surface area (Å²) < 4.78 is 13.7. The number of nitriles is 1. The molecule has 3 aromatic rings. The molecule has 1 aliphatic heterocycles. The third-order valence-electron chi connectivity index (χ3n) is 7.01. The van der Waals surface area contributed by atoms with Crippen LogP contribution in [0, 0.1) is 28.5 Å². The number of nitrogens with one attached hydrogen (secondary N) is 2. The molecule has 0 aromatic heterocycles. The summed E-state index contributed by atoms with van der Waals surface area (Å²) in [6.45, 7) is 4.64. The van der Waals surface area contributed by atoms with Crippen molar-refractivity contribution in [2.45, 2.75) is 45.3 Å². The Morgan fingerprint density at radius 3 is 2.44 bits per heavy atom. The molecule has 0 radical (unpaired) electrons.